The Morgan fingerprint density at radius 1 is 1.06 bits per heavy atom. The number of amides is 2. The Balaban J connectivity index is 1.65. The Labute approximate surface area is 199 Å². The molecular formula is C24H22ClN3O4S. The molecule has 0 bridgehead atoms. The molecule has 170 valence electrons. The van der Waals surface area contributed by atoms with Crippen molar-refractivity contribution >= 4 is 45.6 Å². The Morgan fingerprint density at radius 3 is 2.45 bits per heavy atom. The summed E-state index contributed by atoms with van der Waals surface area (Å²) in [6.07, 6.45) is 0. The normalized spacial score (nSPS) is 10.8. The van der Waals surface area contributed by atoms with Gasteiger partial charge in [-0.1, -0.05) is 17.7 Å². The number of aromatic nitrogens is 1. The van der Waals surface area contributed by atoms with Crippen molar-refractivity contribution in [2.24, 2.45) is 0 Å². The van der Waals surface area contributed by atoms with Crippen LogP contribution in [0.3, 0.4) is 0 Å². The number of nitrogens with zero attached hydrogens (tertiary/aromatic N) is 1. The summed E-state index contributed by atoms with van der Waals surface area (Å²) in [7, 11) is 3.10. The monoisotopic (exact) mass is 483 g/mol. The van der Waals surface area contributed by atoms with Crippen molar-refractivity contribution in [1.29, 1.82) is 0 Å². The first-order chi connectivity index (χ1) is 16.0. The van der Waals surface area contributed by atoms with Crippen LogP contribution in [-0.4, -0.2) is 30.1 Å². The first-order valence-corrected chi connectivity index (χ1v) is 11.3. The van der Waals surface area contributed by atoms with Crippen LogP contribution in [0.1, 0.15) is 10.4 Å². The van der Waals surface area contributed by atoms with Gasteiger partial charge in [0.2, 0.25) is 0 Å². The molecular weight excluding hydrogens is 462 g/mol. The molecule has 2 amide bonds. The van der Waals surface area contributed by atoms with Gasteiger partial charge in [-0.15, -0.1) is 11.3 Å². The number of carbonyl (C=O) groups is 1. The number of pyridine rings is 1. The van der Waals surface area contributed by atoms with Crippen LogP contribution in [0.15, 0.2) is 64.8 Å². The second kappa shape index (κ2) is 9.97. The number of hydrogen-bond donors (Lipinski definition) is 2. The van der Waals surface area contributed by atoms with E-state index in [-0.39, 0.29) is 18.1 Å². The largest absolute Gasteiger partial charge is 0.493 e. The molecule has 0 unspecified atom stereocenters. The molecule has 2 aromatic heterocycles. The van der Waals surface area contributed by atoms with Gasteiger partial charge in [0.1, 0.15) is 0 Å². The lowest BCUT2D eigenvalue weighted by molar-refractivity contribution is 0.207. The summed E-state index contributed by atoms with van der Waals surface area (Å²) in [5.74, 6) is 1.08. The molecule has 9 heteroatoms. The van der Waals surface area contributed by atoms with Gasteiger partial charge in [0.05, 0.1) is 32.8 Å². The number of ether oxygens (including phenoxy) is 2. The fourth-order valence-corrected chi connectivity index (χ4v) is 4.27. The number of H-pyrrole nitrogens is 1. The minimum atomic E-state index is -0.322. The average Bonchev–Trinajstić information content (AvgIpc) is 3.33. The maximum atomic E-state index is 13.1. The summed E-state index contributed by atoms with van der Waals surface area (Å²) in [5.41, 5.74) is 1.42. The van der Waals surface area contributed by atoms with Crippen molar-refractivity contribution in [2.45, 2.75) is 13.1 Å². The van der Waals surface area contributed by atoms with Gasteiger partial charge < -0.3 is 24.7 Å². The van der Waals surface area contributed by atoms with Crippen LogP contribution in [0, 0.1) is 0 Å². The summed E-state index contributed by atoms with van der Waals surface area (Å²) in [4.78, 5) is 31.5. The molecule has 0 spiro atoms. The summed E-state index contributed by atoms with van der Waals surface area (Å²) in [6.45, 7) is 0.484. The lowest BCUT2D eigenvalue weighted by Crippen LogP contribution is -2.35. The molecule has 2 aromatic carbocycles. The zero-order valence-electron chi connectivity index (χ0n) is 18.1. The van der Waals surface area contributed by atoms with Crippen molar-refractivity contribution in [2.75, 3.05) is 19.5 Å². The number of carbonyl (C=O) groups excluding carboxylic acids is 1. The van der Waals surface area contributed by atoms with Crippen molar-refractivity contribution in [1.82, 2.24) is 9.88 Å². The molecule has 2 heterocycles. The van der Waals surface area contributed by atoms with Gasteiger partial charge in [-0.25, -0.2) is 4.79 Å². The second-order valence-corrected chi connectivity index (χ2v) is 8.76. The molecule has 4 aromatic rings. The lowest BCUT2D eigenvalue weighted by atomic mass is 10.1. The van der Waals surface area contributed by atoms with Gasteiger partial charge in [-0.05, 0) is 47.8 Å². The van der Waals surface area contributed by atoms with Crippen LogP contribution in [0.5, 0.6) is 11.5 Å². The van der Waals surface area contributed by atoms with Gasteiger partial charge in [0.15, 0.2) is 11.5 Å². The Hall–Kier alpha value is -3.49. The van der Waals surface area contributed by atoms with Gasteiger partial charge in [-0.3, -0.25) is 4.79 Å². The molecule has 0 aliphatic carbocycles. The number of aromatic amines is 1. The third-order valence-corrected chi connectivity index (χ3v) is 6.21. The maximum absolute atomic E-state index is 13.1. The molecule has 0 saturated heterocycles. The van der Waals surface area contributed by atoms with E-state index in [1.807, 2.05) is 17.5 Å². The van der Waals surface area contributed by atoms with E-state index in [0.717, 1.165) is 10.3 Å². The highest BCUT2D eigenvalue weighted by molar-refractivity contribution is 7.09. The van der Waals surface area contributed by atoms with Crippen molar-refractivity contribution < 1.29 is 14.3 Å². The van der Waals surface area contributed by atoms with Crippen molar-refractivity contribution in [3.8, 4) is 11.5 Å². The SMILES string of the molecule is COc1cc2cc(CN(Cc3cccs3)C(=O)Nc3ccc(Cl)cc3)c(=O)[nH]c2cc1OC. The highest BCUT2D eigenvalue weighted by Crippen LogP contribution is 2.31. The number of thiophene rings is 1. The van der Waals surface area contributed by atoms with E-state index >= 15 is 0 Å². The number of methoxy groups -OCH3 is 2. The smallest absolute Gasteiger partial charge is 0.322 e. The number of fused-ring (bicyclic) bond motifs is 1. The van der Waals surface area contributed by atoms with Crippen LogP contribution >= 0.6 is 22.9 Å². The summed E-state index contributed by atoms with van der Waals surface area (Å²) in [5, 5.41) is 6.18. The fourth-order valence-electron chi connectivity index (χ4n) is 3.43. The van der Waals surface area contributed by atoms with Gasteiger partial charge in [-0.2, -0.15) is 0 Å². The van der Waals surface area contributed by atoms with E-state index in [1.165, 1.54) is 7.11 Å². The molecule has 0 aliphatic rings. The average molecular weight is 484 g/mol. The highest BCUT2D eigenvalue weighted by Gasteiger charge is 2.18. The number of benzene rings is 2. The number of hydrogen-bond acceptors (Lipinski definition) is 5. The van der Waals surface area contributed by atoms with E-state index in [1.54, 1.807) is 65.8 Å². The zero-order chi connectivity index (χ0) is 23.4. The molecule has 0 fully saturated rings. The van der Waals surface area contributed by atoms with Crippen LogP contribution in [0.2, 0.25) is 5.02 Å². The number of rotatable bonds is 7. The maximum Gasteiger partial charge on any atom is 0.322 e. The van der Waals surface area contributed by atoms with E-state index in [0.29, 0.717) is 39.8 Å². The summed E-state index contributed by atoms with van der Waals surface area (Å²) in [6, 6.07) is 15.7. The molecule has 0 aliphatic heterocycles. The standard InChI is InChI=1S/C24H22ClN3O4S/c1-31-21-11-15-10-16(23(29)27-20(15)12-22(21)32-2)13-28(14-19-4-3-9-33-19)24(30)26-18-7-5-17(25)6-8-18/h3-12H,13-14H2,1-2H3,(H,26,30)(H,27,29). The quantitative estimate of drug-likeness (QED) is 0.364. The third kappa shape index (κ3) is 5.30. The first kappa shape index (κ1) is 22.7. The van der Waals surface area contributed by atoms with Gasteiger partial charge >= 0.3 is 6.03 Å². The number of anilines is 1. The van der Waals surface area contributed by atoms with Gasteiger partial charge in [0.25, 0.3) is 5.56 Å². The van der Waals surface area contributed by atoms with Crippen LogP contribution in [0.4, 0.5) is 10.5 Å². The molecule has 2 N–H and O–H groups in total. The fraction of sp³-hybridized carbons (Fsp3) is 0.167. The van der Waals surface area contributed by atoms with Crippen LogP contribution < -0.4 is 20.3 Å². The van der Waals surface area contributed by atoms with E-state index < -0.39 is 0 Å². The Morgan fingerprint density at radius 2 is 1.79 bits per heavy atom. The van der Waals surface area contributed by atoms with E-state index in [4.69, 9.17) is 21.1 Å². The van der Waals surface area contributed by atoms with E-state index in [2.05, 4.69) is 10.3 Å². The Kier molecular flexibility index (Phi) is 6.86. The molecule has 0 saturated carbocycles. The molecule has 33 heavy (non-hydrogen) atoms. The highest BCUT2D eigenvalue weighted by atomic mass is 35.5. The second-order valence-electron chi connectivity index (χ2n) is 7.29. The minimum absolute atomic E-state index is 0.122. The van der Waals surface area contributed by atoms with Crippen LogP contribution in [-0.2, 0) is 13.1 Å². The topological polar surface area (TPSA) is 83.7 Å². The number of halogens is 1. The minimum Gasteiger partial charge on any atom is -0.493 e. The molecule has 4 rings (SSSR count). The molecule has 7 nitrogen and oxygen atoms in total. The summed E-state index contributed by atoms with van der Waals surface area (Å²) >= 11 is 7.49. The predicted octanol–water partition coefficient (Wildman–Crippen LogP) is 5.49. The van der Waals surface area contributed by atoms with Crippen LogP contribution in [0.25, 0.3) is 10.9 Å². The number of nitrogens with one attached hydrogen (secondary N) is 2. The third-order valence-electron chi connectivity index (χ3n) is 5.10. The zero-order valence-corrected chi connectivity index (χ0v) is 19.6. The van der Waals surface area contributed by atoms with Gasteiger partial charge in [0, 0.05) is 32.6 Å². The first-order valence-electron chi connectivity index (χ1n) is 10.1. The Bertz CT molecular complexity index is 1320. The molecule has 0 radical (unpaired) electrons. The van der Waals surface area contributed by atoms with E-state index in [9.17, 15) is 9.59 Å². The lowest BCUT2D eigenvalue weighted by Gasteiger charge is -2.23. The number of urea groups is 1. The van der Waals surface area contributed by atoms with Crippen molar-refractivity contribution in [3.05, 3.63) is 85.8 Å². The predicted molar refractivity (Wildman–Crippen MR) is 132 cm³/mol. The van der Waals surface area contributed by atoms with Crippen molar-refractivity contribution in [3.63, 3.8) is 0 Å². The summed E-state index contributed by atoms with van der Waals surface area (Å²) < 4.78 is 10.7. The molecule has 0 atom stereocenters.